The van der Waals surface area contributed by atoms with Crippen LogP contribution in [0.5, 0.6) is 0 Å². The number of H-pyrrole nitrogens is 1. The van der Waals surface area contributed by atoms with Crippen LogP contribution in [0.25, 0.3) is 11.1 Å². The van der Waals surface area contributed by atoms with Crippen molar-refractivity contribution in [1.82, 2.24) is 14.9 Å². The Labute approximate surface area is 159 Å². The molecule has 1 saturated carbocycles. The minimum atomic E-state index is -0.0616. The van der Waals surface area contributed by atoms with Gasteiger partial charge < -0.3 is 15.2 Å². The SMILES string of the molecule is C=CC(=O)N1CCCC1.O=c1[nH]cc(-c2ccncc2)cc1NCC1CC1. The van der Waals surface area contributed by atoms with Crippen LogP contribution in [0.15, 0.2) is 54.2 Å². The maximum absolute atomic E-state index is 11.7. The standard InChI is InChI=1S/C14H15N3O.C7H11NO/c18-14-13(16-8-10-1-2-10)7-12(9-17-14)11-3-5-15-6-4-11;1-2-7(9)8-5-3-4-6-8/h3-7,9-10,16H,1-2,8H2,(H,17,18);2H,1,3-6H2. The number of amides is 1. The molecule has 1 saturated heterocycles. The molecule has 6 heteroatoms. The third kappa shape index (κ3) is 5.54. The normalized spacial score (nSPS) is 15.6. The summed E-state index contributed by atoms with van der Waals surface area (Å²) in [4.78, 5) is 31.1. The monoisotopic (exact) mass is 366 g/mol. The summed E-state index contributed by atoms with van der Waals surface area (Å²) in [6.07, 6.45) is 11.5. The Morgan fingerprint density at radius 3 is 2.59 bits per heavy atom. The smallest absolute Gasteiger partial charge is 0.271 e. The van der Waals surface area contributed by atoms with Crippen molar-refractivity contribution in [3.63, 3.8) is 0 Å². The fourth-order valence-corrected chi connectivity index (χ4v) is 2.97. The molecule has 0 aromatic carbocycles. The second kappa shape index (κ2) is 9.16. The molecule has 0 atom stereocenters. The summed E-state index contributed by atoms with van der Waals surface area (Å²) in [5.41, 5.74) is 2.63. The van der Waals surface area contributed by atoms with Crippen LogP contribution in [0, 0.1) is 5.92 Å². The van der Waals surface area contributed by atoms with Crippen LogP contribution in [0.2, 0.25) is 0 Å². The topological polar surface area (TPSA) is 78.1 Å². The van der Waals surface area contributed by atoms with E-state index in [2.05, 4.69) is 21.9 Å². The van der Waals surface area contributed by atoms with Crippen molar-refractivity contribution < 1.29 is 4.79 Å². The van der Waals surface area contributed by atoms with Crippen molar-refractivity contribution in [1.29, 1.82) is 0 Å². The van der Waals surface area contributed by atoms with E-state index in [1.54, 1.807) is 18.6 Å². The molecule has 2 fully saturated rings. The molecule has 2 aromatic rings. The number of aromatic nitrogens is 2. The maximum atomic E-state index is 11.7. The number of carbonyl (C=O) groups excluding carboxylic acids is 1. The number of hydrogen-bond acceptors (Lipinski definition) is 4. The van der Waals surface area contributed by atoms with Gasteiger partial charge in [0.1, 0.15) is 5.69 Å². The van der Waals surface area contributed by atoms with E-state index >= 15 is 0 Å². The lowest BCUT2D eigenvalue weighted by Gasteiger charge is -2.10. The van der Waals surface area contributed by atoms with Crippen LogP contribution < -0.4 is 10.9 Å². The van der Waals surface area contributed by atoms with Crippen LogP contribution in [0.1, 0.15) is 25.7 Å². The van der Waals surface area contributed by atoms with Gasteiger partial charge >= 0.3 is 0 Å². The summed E-state index contributed by atoms with van der Waals surface area (Å²) in [7, 11) is 0. The number of rotatable bonds is 5. The fourth-order valence-electron chi connectivity index (χ4n) is 2.97. The maximum Gasteiger partial charge on any atom is 0.271 e. The second-order valence-corrected chi connectivity index (χ2v) is 6.93. The lowest BCUT2D eigenvalue weighted by molar-refractivity contribution is -0.124. The van der Waals surface area contributed by atoms with Crippen molar-refractivity contribution >= 4 is 11.6 Å². The largest absolute Gasteiger partial charge is 0.380 e. The molecule has 2 N–H and O–H groups in total. The van der Waals surface area contributed by atoms with Crippen molar-refractivity contribution in [3.8, 4) is 11.1 Å². The Hall–Kier alpha value is -2.89. The first-order chi connectivity index (χ1) is 13.2. The van der Waals surface area contributed by atoms with Gasteiger partial charge in [0.2, 0.25) is 5.91 Å². The van der Waals surface area contributed by atoms with Crippen molar-refractivity contribution in [2.45, 2.75) is 25.7 Å². The molecule has 0 radical (unpaired) electrons. The summed E-state index contributed by atoms with van der Waals surface area (Å²) in [6, 6.07) is 5.76. The molecule has 27 heavy (non-hydrogen) atoms. The summed E-state index contributed by atoms with van der Waals surface area (Å²) < 4.78 is 0. The van der Waals surface area contributed by atoms with Gasteiger partial charge in [-0.1, -0.05) is 6.58 Å². The summed E-state index contributed by atoms with van der Waals surface area (Å²) in [6.45, 7) is 6.15. The van der Waals surface area contributed by atoms with Gasteiger partial charge in [-0.3, -0.25) is 14.6 Å². The first-order valence-electron chi connectivity index (χ1n) is 9.45. The number of pyridine rings is 2. The van der Waals surface area contributed by atoms with E-state index in [1.165, 1.54) is 18.9 Å². The van der Waals surface area contributed by atoms with Gasteiger partial charge in [0.25, 0.3) is 5.56 Å². The summed E-state index contributed by atoms with van der Waals surface area (Å²) in [5, 5.41) is 3.23. The highest BCUT2D eigenvalue weighted by molar-refractivity contribution is 5.87. The summed E-state index contributed by atoms with van der Waals surface area (Å²) >= 11 is 0. The van der Waals surface area contributed by atoms with Gasteiger partial charge in [-0.05, 0) is 61.4 Å². The molecule has 142 valence electrons. The van der Waals surface area contributed by atoms with E-state index in [1.807, 2.05) is 23.1 Å². The van der Waals surface area contributed by atoms with E-state index in [0.29, 0.717) is 5.69 Å². The molecule has 0 spiro atoms. The Balaban J connectivity index is 0.000000197. The van der Waals surface area contributed by atoms with Crippen LogP contribution in [0.3, 0.4) is 0 Å². The zero-order valence-corrected chi connectivity index (χ0v) is 15.5. The summed E-state index contributed by atoms with van der Waals surface area (Å²) in [5.74, 6) is 0.821. The van der Waals surface area contributed by atoms with Gasteiger partial charge in [-0.2, -0.15) is 0 Å². The van der Waals surface area contributed by atoms with Gasteiger partial charge in [0, 0.05) is 43.8 Å². The molecule has 4 rings (SSSR count). The van der Waals surface area contributed by atoms with E-state index in [0.717, 1.165) is 49.5 Å². The molecule has 1 aliphatic heterocycles. The number of nitrogens with one attached hydrogen (secondary N) is 2. The number of anilines is 1. The van der Waals surface area contributed by atoms with E-state index in [-0.39, 0.29) is 11.5 Å². The molecule has 0 bridgehead atoms. The molecule has 3 heterocycles. The first kappa shape index (κ1) is 18.9. The van der Waals surface area contributed by atoms with E-state index < -0.39 is 0 Å². The van der Waals surface area contributed by atoms with Crippen LogP contribution in [-0.4, -0.2) is 40.4 Å². The van der Waals surface area contributed by atoms with Gasteiger partial charge in [0.05, 0.1) is 0 Å². The van der Waals surface area contributed by atoms with Gasteiger partial charge in [-0.25, -0.2) is 0 Å². The third-order valence-electron chi connectivity index (χ3n) is 4.79. The quantitative estimate of drug-likeness (QED) is 0.797. The van der Waals surface area contributed by atoms with Crippen molar-refractivity contribution in [2.75, 3.05) is 25.0 Å². The molecule has 2 aliphatic rings. The Kier molecular flexibility index (Phi) is 6.41. The molecule has 2 aromatic heterocycles. The van der Waals surface area contributed by atoms with E-state index in [9.17, 15) is 9.59 Å². The van der Waals surface area contributed by atoms with Crippen LogP contribution >= 0.6 is 0 Å². The minimum Gasteiger partial charge on any atom is -0.380 e. The zero-order valence-electron chi connectivity index (χ0n) is 15.5. The van der Waals surface area contributed by atoms with Crippen LogP contribution in [0.4, 0.5) is 5.69 Å². The highest BCUT2D eigenvalue weighted by atomic mass is 16.2. The number of likely N-dealkylation sites (tertiary alicyclic amines) is 1. The molecule has 1 amide bonds. The van der Waals surface area contributed by atoms with Gasteiger partial charge in [0.15, 0.2) is 0 Å². The predicted molar refractivity (Wildman–Crippen MR) is 108 cm³/mol. The highest BCUT2D eigenvalue weighted by Crippen LogP contribution is 2.28. The van der Waals surface area contributed by atoms with Crippen molar-refractivity contribution in [3.05, 3.63) is 59.8 Å². The number of nitrogens with zero attached hydrogens (tertiary/aromatic N) is 2. The predicted octanol–water partition coefficient (Wildman–Crippen LogP) is 3.05. The zero-order chi connectivity index (χ0) is 19.1. The van der Waals surface area contributed by atoms with Crippen molar-refractivity contribution in [2.24, 2.45) is 5.92 Å². The highest BCUT2D eigenvalue weighted by Gasteiger charge is 2.21. The Bertz CT molecular complexity index is 822. The molecule has 1 aliphatic carbocycles. The fraction of sp³-hybridized carbons (Fsp3) is 0.381. The lowest BCUT2D eigenvalue weighted by atomic mass is 10.1. The Morgan fingerprint density at radius 1 is 1.26 bits per heavy atom. The second-order valence-electron chi connectivity index (χ2n) is 6.93. The molecular weight excluding hydrogens is 340 g/mol. The van der Waals surface area contributed by atoms with E-state index in [4.69, 9.17) is 0 Å². The number of hydrogen-bond donors (Lipinski definition) is 2. The minimum absolute atomic E-state index is 0.0616. The third-order valence-corrected chi connectivity index (χ3v) is 4.79. The molecule has 6 nitrogen and oxygen atoms in total. The van der Waals surface area contributed by atoms with Gasteiger partial charge in [-0.15, -0.1) is 0 Å². The molecular formula is C21H26N4O2. The average Bonchev–Trinajstić information content (AvgIpc) is 3.38. The number of aromatic amines is 1. The Morgan fingerprint density at radius 2 is 1.96 bits per heavy atom. The average molecular weight is 366 g/mol. The molecule has 0 unspecified atom stereocenters. The first-order valence-corrected chi connectivity index (χ1v) is 9.45. The lowest BCUT2D eigenvalue weighted by Crippen LogP contribution is -2.25. The van der Waals surface area contributed by atoms with Crippen LogP contribution in [-0.2, 0) is 4.79 Å². The number of carbonyl (C=O) groups is 1.